The Labute approximate surface area is 184 Å². The Balaban J connectivity index is 1.82. The minimum absolute atomic E-state index is 0.0146. The predicted octanol–water partition coefficient (Wildman–Crippen LogP) is 5.13. The molecule has 31 heavy (non-hydrogen) atoms. The molecule has 6 heteroatoms. The van der Waals surface area contributed by atoms with E-state index in [1.165, 1.54) is 0 Å². The third-order valence-electron chi connectivity index (χ3n) is 5.12. The Morgan fingerprint density at radius 2 is 1.58 bits per heavy atom. The second-order valence-electron chi connectivity index (χ2n) is 7.57. The van der Waals surface area contributed by atoms with Crippen molar-refractivity contribution in [3.05, 3.63) is 90.0 Å². The maximum absolute atomic E-state index is 13.3. The maximum atomic E-state index is 13.3. The van der Waals surface area contributed by atoms with Crippen LogP contribution in [0.4, 0.5) is 0 Å². The van der Waals surface area contributed by atoms with Crippen molar-refractivity contribution in [1.82, 2.24) is 4.90 Å². The summed E-state index contributed by atoms with van der Waals surface area (Å²) in [6, 6.07) is 24.5. The fourth-order valence-electron chi connectivity index (χ4n) is 3.32. The van der Waals surface area contributed by atoms with E-state index in [0.717, 1.165) is 29.4 Å². The zero-order valence-electron chi connectivity index (χ0n) is 18.0. The van der Waals surface area contributed by atoms with Crippen LogP contribution in [0.5, 0.6) is 5.75 Å². The molecule has 0 bridgehead atoms. The number of carbonyl (C=O) groups is 1. The van der Waals surface area contributed by atoms with E-state index in [0.29, 0.717) is 12.1 Å². The van der Waals surface area contributed by atoms with E-state index in [4.69, 9.17) is 4.18 Å². The lowest BCUT2D eigenvalue weighted by Crippen LogP contribution is -2.37. The highest BCUT2D eigenvalue weighted by atomic mass is 32.2. The van der Waals surface area contributed by atoms with E-state index < -0.39 is 10.1 Å². The molecule has 0 unspecified atom stereocenters. The molecule has 0 aromatic heterocycles. The van der Waals surface area contributed by atoms with Crippen molar-refractivity contribution in [1.29, 1.82) is 0 Å². The normalized spacial score (nSPS) is 12.2. The SMILES string of the molecule is CC[C@H](C)N(Cc1cccc(OS(C)(=O)=O)c1)C(=O)c1ccc(-c2ccccc2)cc1. The number of hydrogen-bond donors (Lipinski definition) is 0. The van der Waals surface area contributed by atoms with Gasteiger partial charge in [-0.25, -0.2) is 0 Å². The molecule has 0 saturated heterocycles. The van der Waals surface area contributed by atoms with Gasteiger partial charge in [-0.05, 0) is 54.3 Å². The van der Waals surface area contributed by atoms with Gasteiger partial charge in [0.15, 0.2) is 0 Å². The molecule has 0 saturated carbocycles. The Morgan fingerprint density at radius 1 is 0.935 bits per heavy atom. The minimum atomic E-state index is -3.61. The largest absolute Gasteiger partial charge is 0.383 e. The first-order valence-corrected chi connectivity index (χ1v) is 12.0. The van der Waals surface area contributed by atoms with Gasteiger partial charge in [0.1, 0.15) is 5.75 Å². The Kier molecular flexibility index (Phi) is 7.13. The Hall–Kier alpha value is -3.12. The Bertz CT molecular complexity index is 1130. The lowest BCUT2D eigenvalue weighted by molar-refractivity contribution is 0.0671. The summed E-state index contributed by atoms with van der Waals surface area (Å²) in [6.45, 7) is 4.40. The highest BCUT2D eigenvalue weighted by Gasteiger charge is 2.21. The van der Waals surface area contributed by atoms with E-state index in [9.17, 15) is 13.2 Å². The first kappa shape index (κ1) is 22.6. The second kappa shape index (κ2) is 9.79. The van der Waals surface area contributed by atoms with Crippen molar-refractivity contribution in [2.75, 3.05) is 6.26 Å². The van der Waals surface area contributed by atoms with Gasteiger partial charge in [0, 0.05) is 18.2 Å². The average molecular weight is 438 g/mol. The summed E-state index contributed by atoms with van der Waals surface area (Å²) in [5.74, 6) is 0.173. The van der Waals surface area contributed by atoms with Crippen molar-refractivity contribution in [3.63, 3.8) is 0 Å². The van der Waals surface area contributed by atoms with E-state index in [-0.39, 0.29) is 17.7 Å². The lowest BCUT2D eigenvalue weighted by atomic mass is 10.0. The quantitative estimate of drug-likeness (QED) is 0.458. The summed E-state index contributed by atoms with van der Waals surface area (Å²) in [5.41, 5.74) is 3.57. The summed E-state index contributed by atoms with van der Waals surface area (Å²) in [4.78, 5) is 15.1. The summed E-state index contributed by atoms with van der Waals surface area (Å²) in [6.07, 6.45) is 1.81. The van der Waals surface area contributed by atoms with Gasteiger partial charge < -0.3 is 9.08 Å². The number of hydrogen-bond acceptors (Lipinski definition) is 4. The predicted molar refractivity (Wildman–Crippen MR) is 123 cm³/mol. The molecule has 1 atom stereocenters. The monoisotopic (exact) mass is 437 g/mol. The number of rotatable bonds is 8. The van der Waals surface area contributed by atoms with Crippen LogP contribution in [0, 0.1) is 0 Å². The summed E-state index contributed by atoms with van der Waals surface area (Å²) < 4.78 is 27.8. The number of nitrogens with zero attached hydrogens (tertiary/aromatic N) is 1. The van der Waals surface area contributed by atoms with Crippen molar-refractivity contribution in [2.24, 2.45) is 0 Å². The molecule has 3 aromatic rings. The van der Waals surface area contributed by atoms with Crippen molar-refractivity contribution in [2.45, 2.75) is 32.9 Å². The molecule has 0 aliphatic heterocycles. The standard InChI is InChI=1S/C25H27NO4S/c1-4-19(2)26(18-20-9-8-12-24(17-20)30-31(3,28)29)25(27)23-15-13-22(14-16-23)21-10-6-5-7-11-21/h5-17,19H,4,18H2,1-3H3/t19-/m0/s1. The van der Waals surface area contributed by atoms with Crippen LogP contribution in [0.3, 0.4) is 0 Å². The van der Waals surface area contributed by atoms with Gasteiger partial charge in [0.05, 0.1) is 6.26 Å². The van der Waals surface area contributed by atoms with Crippen LogP contribution in [0.15, 0.2) is 78.9 Å². The first-order valence-electron chi connectivity index (χ1n) is 10.2. The molecule has 0 N–H and O–H groups in total. The van der Waals surface area contributed by atoms with E-state index in [1.54, 1.807) is 23.1 Å². The van der Waals surface area contributed by atoms with Gasteiger partial charge in [-0.3, -0.25) is 4.79 Å². The van der Waals surface area contributed by atoms with Gasteiger partial charge >= 0.3 is 10.1 Å². The topological polar surface area (TPSA) is 63.7 Å². The van der Waals surface area contributed by atoms with Crippen molar-refractivity contribution in [3.8, 4) is 16.9 Å². The number of amides is 1. The van der Waals surface area contributed by atoms with E-state index in [1.807, 2.05) is 74.5 Å². The smallest absolute Gasteiger partial charge is 0.306 e. The fraction of sp³-hybridized carbons (Fsp3) is 0.240. The third kappa shape index (κ3) is 6.18. The highest BCUT2D eigenvalue weighted by molar-refractivity contribution is 7.86. The van der Waals surface area contributed by atoms with Crippen molar-refractivity contribution >= 4 is 16.0 Å². The molecule has 0 aliphatic rings. The molecule has 0 fully saturated rings. The van der Waals surface area contributed by atoms with Crippen molar-refractivity contribution < 1.29 is 17.4 Å². The van der Waals surface area contributed by atoms with Crippen LogP contribution in [-0.2, 0) is 16.7 Å². The highest BCUT2D eigenvalue weighted by Crippen LogP contribution is 2.22. The van der Waals surface area contributed by atoms with Crippen LogP contribution < -0.4 is 4.18 Å². The molecule has 5 nitrogen and oxygen atoms in total. The van der Waals surface area contributed by atoms with E-state index >= 15 is 0 Å². The van der Waals surface area contributed by atoms with Crippen LogP contribution in [0.2, 0.25) is 0 Å². The summed E-state index contributed by atoms with van der Waals surface area (Å²) >= 11 is 0. The Morgan fingerprint density at radius 3 is 2.19 bits per heavy atom. The van der Waals surface area contributed by atoms with Gasteiger partial charge in [-0.2, -0.15) is 8.42 Å². The summed E-state index contributed by atoms with van der Waals surface area (Å²) in [5, 5.41) is 0. The van der Waals surface area contributed by atoms with Crippen LogP contribution in [-0.4, -0.2) is 31.5 Å². The molecule has 3 aromatic carbocycles. The maximum Gasteiger partial charge on any atom is 0.306 e. The van der Waals surface area contributed by atoms with Gasteiger partial charge in [-0.1, -0.05) is 61.5 Å². The molecule has 1 amide bonds. The fourth-order valence-corrected chi connectivity index (χ4v) is 3.77. The molecule has 0 radical (unpaired) electrons. The zero-order valence-corrected chi connectivity index (χ0v) is 18.8. The number of benzene rings is 3. The third-order valence-corrected chi connectivity index (χ3v) is 5.62. The molecule has 162 valence electrons. The molecular formula is C25H27NO4S. The lowest BCUT2D eigenvalue weighted by Gasteiger charge is -2.29. The average Bonchev–Trinajstić information content (AvgIpc) is 2.76. The molecule has 0 spiro atoms. The van der Waals surface area contributed by atoms with Crippen LogP contribution in [0.1, 0.15) is 36.2 Å². The second-order valence-corrected chi connectivity index (χ2v) is 9.14. The van der Waals surface area contributed by atoms with Crippen LogP contribution >= 0.6 is 0 Å². The van der Waals surface area contributed by atoms with Gasteiger partial charge in [0.2, 0.25) is 0 Å². The first-order chi connectivity index (χ1) is 14.8. The molecular weight excluding hydrogens is 410 g/mol. The van der Waals surface area contributed by atoms with Gasteiger partial charge in [-0.15, -0.1) is 0 Å². The summed E-state index contributed by atoms with van der Waals surface area (Å²) in [7, 11) is -3.61. The molecule has 0 heterocycles. The van der Waals surface area contributed by atoms with E-state index in [2.05, 4.69) is 0 Å². The zero-order chi connectivity index (χ0) is 22.4. The number of carbonyl (C=O) groups excluding carboxylic acids is 1. The molecule has 0 aliphatic carbocycles. The van der Waals surface area contributed by atoms with Gasteiger partial charge in [0.25, 0.3) is 5.91 Å². The van der Waals surface area contributed by atoms with Crippen LogP contribution in [0.25, 0.3) is 11.1 Å². The molecule has 3 rings (SSSR count). The minimum Gasteiger partial charge on any atom is -0.383 e.